The smallest absolute Gasteiger partial charge is 0.237 e. The summed E-state index contributed by atoms with van der Waals surface area (Å²) in [6, 6.07) is 0.332. The summed E-state index contributed by atoms with van der Waals surface area (Å²) in [7, 11) is 0. The largest absolute Gasteiger partial charge is 0.352 e. The number of hydrogen-bond acceptors (Lipinski definition) is 4. The van der Waals surface area contributed by atoms with Crippen LogP contribution >= 0.6 is 0 Å². The van der Waals surface area contributed by atoms with Gasteiger partial charge < -0.3 is 15.5 Å². The lowest BCUT2D eigenvalue weighted by atomic mass is 9.91. The van der Waals surface area contributed by atoms with Crippen LogP contribution in [-0.2, 0) is 9.59 Å². The van der Waals surface area contributed by atoms with E-state index in [1.165, 1.54) is 0 Å². The molecule has 2 N–H and O–H groups in total. The molecule has 6 nitrogen and oxygen atoms in total. The fraction of sp³-hybridized carbons (Fsp3) is 0.889. The van der Waals surface area contributed by atoms with E-state index < -0.39 is 0 Å². The Kier molecular flexibility index (Phi) is 4.29. The zero-order chi connectivity index (χ0) is 16.7. The Labute approximate surface area is 144 Å². The Bertz CT molecular complexity index is 505. The van der Waals surface area contributed by atoms with Gasteiger partial charge in [-0.15, -0.1) is 0 Å². The summed E-state index contributed by atoms with van der Waals surface area (Å²) in [6.07, 6.45) is 5.65. The van der Waals surface area contributed by atoms with Crippen molar-refractivity contribution >= 4 is 11.8 Å². The zero-order valence-electron chi connectivity index (χ0n) is 14.7. The molecule has 0 aromatic rings. The van der Waals surface area contributed by atoms with E-state index in [2.05, 4.69) is 15.5 Å². The van der Waals surface area contributed by atoms with Crippen LogP contribution in [0, 0.1) is 11.3 Å². The molecule has 1 spiro atoms. The van der Waals surface area contributed by atoms with E-state index in [0.717, 1.165) is 71.4 Å². The molecule has 2 amide bonds. The normalized spacial score (nSPS) is 30.9. The van der Waals surface area contributed by atoms with Crippen LogP contribution in [0.3, 0.4) is 0 Å². The molecule has 2 heterocycles. The Hall–Kier alpha value is -1.14. The maximum atomic E-state index is 12.8. The monoisotopic (exact) mass is 334 g/mol. The number of rotatable bonds is 4. The first-order valence-electron chi connectivity index (χ1n) is 9.63. The minimum atomic E-state index is -0.0838. The third kappa shape index (κ3) is 3.18. The second-order valence-corrected chi connectivity index (χ2v) is 8.19. The Morgan fingerprint density at radius 3 is 2.42 bits per heavy atom. The van der Waals surface area contributed by atoms with Gasteiger partial charge in [-0.2, -0.15) is 0 Å². The lowest BCUT2D eigenvalue weighted by Gasteiger charge is -2.38. The second-order valence-electron chi connectivity index (χ2n) is 8.19. The molecule has 2 saturated heterocycles. The van der Waals surface area contributed by atoms with E-state index in [0.29, 0.717) is 17.4 Å². The quantitative estimate of drug-likeness (QED) is 0.770. The zero-order valence-corrected chi connectivity index (χ0v) is 14.7. The van der Waals surface area contributed by atoms with Crippen molar-refractivity contribution in [1.82, 2.24) is 20.4 Å². The van der Waals surface area contributed by atoms with E-state index in [-0.39, 0.29) is 17.9 Å². The molecule has 0 radical (unpaired) electrons. The van der Waals surface area contributed by atoms with Crippen LogP contribution in [0.1, 0.15) is 39.0 Å². The number of nitrogens with zero attached hydrogens (tertiary/aromatic N) is 2. The summed E-state index contributed by atoms with van der Waals surface area (Å²) >= 11 is 0. The average Bonchev–Trinajstić information content (AvgIpc) is 3.53. The topological polar surface area (TPSA) is 64.7 Å². The van der Waals surface area contributed by atoms with E-state index in [1.807, 2.05) is 11.8 Å². The van der Waals surface area contributed by atoms with Gasteiger partial charge in [0.05, 0.1) is 6.04 Å². The van der Waals surface area contributed by atoms with Crippen molar-refractivity contribution in [3.63, 3.8) is 0 Å². The second kappa shape index (κ2) is 6.30. The molecule has 4 fully saturated rings. The van der Waals surface area contributed by atoms with Gasteiger partial charge in [0.25, 0.3) is 0 Å². The highest BCUT2D eigenvalue weighted by Gasteiger charge is 2.58. The van der Waals surface area contributed by atoms with Crippen LogP contribution in [0.15, 0.2) is 0 Å². The van der Waals surface area contributed by atoms with Crippen LogP contribution in [0.4, 0.5) is 0 Å². The van der Waals surface area contributed by atoms with Crippen molar-refractivity contribution in [1.29, 1.82) is 0 Å². The van der Waals surface area contributed by atoms with Crippen LogP contribution in [0.2, 0.25) is 0 Å². The number of nitrogens with one attached hydrogen (secondary N) is 2. The maximum Gasteiger partial charge on any atom is 0.237 e. The number of carbonyl (C=O) groups excluding carboxylic acids is 2. The standard InChI is InChI=1S/C18H30N4O2/c1-13(16(23)20-14-2-3-14)21-8-10-22(11-9-21)17(24)15-12-18(15)4-6-19-7-5-18/h13-15,19H,2-12H2,1H3,(H,20,23). The van der Waals surface area contributed by atoms with Gasteiger partial charge >= 0.3 is 0 Å². The van der Waals surface area contributed by atoms with E-state index >= 15 is 0 Å². The van der Waals surface area contributed by atoms with Crippen molar-refractivity contribution in [3.05, 3.63) is 0 Å². The summed E-state index contributed by atoms with van der Waals surface area (Å²) < 4.78 is 0. The van der Waals surface area contributed by atoms with Gasteiger partial charge in [-0.3, -0.25) is 14.5 Å². The SMILES string of the molecule is CC(C(=O)NC1CC1)N1CCN(C(=O)C2CC23CCNCC3)CC1. The van der Waals surface area contributed by atoms with E-state index in [1.54, 1.807) is 0 Å². The average molecular weight is 334 g/mol. The molecule has 0 bridgehead atoms. The number of piperazine rings is 1. The molecular weight excluding hydrogens is 304 g/mol. The van der Waals surface area contributed by atoms with Crippen molar-refractivity contribution < 1.29 is 9.59 Å². The van der Waals surface area contributed by atoms with Crippen LogP contribution in [0.25, 0.3) is 0 Å². The van der Waals surface area contributed by atoms with Gasteiger partial charge in [0.2, 0.25) is 11.8 Å². The highest BCUT2D eigenvalue weighted by atomic mass is 16.2. The minimum Gasteiger partial charge on any atom is -0.352 e. The van der Waals surface area contributed by atoms with Crippen molar-refractivity contribution in [3.8, 4) is 0 Å². The first-order valence-corrected chi connectivity index (χ1v) is 9.63. The number of amides is 2. The fourth-order valence-corrected chi connectivity index (χ4v) is 4.44. The molecule has 4 rings (SSSR count). The van der Waals surface area contributed by atoms with E-state index in [9.17, 15) is 9.59 Å². The van der Waals surface area contributed by atoms with Crippen LogP contribution in [0.5, 0.6) is 0 Å². The lowest BCUT2D eigenvalue weighted by Crippen LogP contribution is -2.55. The summed E-state index contributed by atoms with van der Waals surface area (Å²) in [5.41, 5.74) is 0.316. The molecule has 4 aliphatic rings. The van der Waals surface area contributed by atoms with Gasteiger partial charge in [-0.1, -0.05) is 0 Å². The predicted molar refractivity (Wildman–Crippen MR) is 91.4 cm³/mol. The predicted octanol–water partition coefficient (Wildman–Crippen LogP) is 0.187. The highest BCUT2D eigenvalue weighted by molar-refractivity contribution is 5.83. The molecule has 2 aliphatic heterocycles. The van der Waals surface area contributed by atoms with Gasteiger partial charge in [-0.25, -0.2) is 0 Å². The van der Waals surface area contributed by atoms with Gasteiger partial charge in [0.15, 0.2) is 0 Å². The fourth-order valence-electron chi connectivity index (χ4n) is 4.44. The molecule has 6 heteroatoms. The lowest BCUT2D eigenvalue weighted by molar-refractivity contribution is -0.136. The molecule has 134 valence electrons. The van der Waals surface area contributed by atoms with Gasteiger partial charge in [-0.05, 0) is 57.5 Å². The number of piperidine rings is 1. The Morgan fingerprint density at radius 2 is 1.79 bits per heavy atom. The van der Waals surface area contributed by atoms with Gasteiger partial charge in [0.1, 0.15) is 0 Å². The minimum absolute atomic E-state index is 0.0838. The summed E-state index contributed by atoms with van der Waals surface area (Å²) in [5.74, 6) is 0.779. The molecule has 2 atom stereocenters. The molecular formula is C18H30N4O2. The molecule has 2 saturated carbocycles. The van der Waals surface area contributed by atoms with Gasteiger partial charge in [0, 0.05) is 38.1 Å². The molecule has 2 aliphatic carbocycles. The Balaban J connectivity index is 1.25. The summed E-state index contributed by atoms with van der Waals surface area (Å²) in [4.78, 5) is 29.3. The highest BCUT2D eigenvalue weighted by Crippen LogP contribution is 2.59. The van der Waals surface area contributed by atoms with Crippen LogP contribution < -0.4 is 10.6 Å². The third-order valence-corrected chi connectivity index (χ3v) is 6.56. The first-order chi connectivity index (χ1) is 11.6. The number of hydrogen-bond donors (Lipinski definition) is 2. The summed E-state index contributed by atoms with van der Waals surface area (Å²) in [6.45, 7) is 7.27. The number of carbonyl (C=O) groups is 2. The third-order valence-electron chi connectivity index (χ3n) is 6.56. The van der Waals surface area contributed by atoms with Crippen molar-refractivity contribution in [2.45, 2.75) is 51.1 Å². The first kappa shape index (κ1) is 16.3. The maximum absolute atomic E-state index is 12.8. The van der Waals surface area contributed by atoms with Crippen LogP contribution in [-0.4, -0.2) is 73.0 Å². The molecule has 0 aromatic carbocycles. The summed E-state index contributed by atoms with van der Waals surface area (Å²) in [5, 5.41) is 6.48. The molecule has 0 aromatic heterocycles. The van der Waals surface area contributed by atoms with Crippen molar-refractivity contribution in [2.24, 2.45) is 11.3 Å². The van der Waals surface area contributed by atoms with Crippen molar-refractivity contribution in [2.75, 3.05) is 39.3 Å². The van der Waals surface area contributed by atoms with E-state index in [4.69, 9.17) is 0 Å². The molecule has 2 unspecified atom stereocenters. The Morgan fingerprint density at radius 1 is 1.12 bits per heavy atom. The molecule has 24 heavy (non-hydrogen) atoms.